The minimum atomic E-state index is -3.25. The topological polar surface area (TPSA) is 165 Å². The number of hydrogen-bond acceptors (Lipinski definition) is 11. The van der Waals surface area contributed by atoms with Gasteiger partial charge in [0.25, 0.3) is 17.7 Å². The second kappa shape index (κ2) is 21.5. The summed E-state index contributed by atoms with van der Waals surface area (Å²) < 4.78 is 51.7. The molecule has 0 spiro atoms. The lowest BCUT2D eigenvalue weighted by Gasteiger charge is -2.13. The fourth-order valence-electron chi connectivity index (χ4n) is 8.68. The molecule has 0 radical (unpaired) electrons. The first kappa shape index (κ1) is 49.9. The van der Waals surface area contributed by atoms with E-state index >= 15 is 0 Å². The van der Waals surface area contributed by atoms with Gasteiger partial charge in [0, 0.05) is 23.1 Å². The van der Waals surface area contributed by atoms with Crippen molar-refractivity contribution in [1.82, 2.24) is 16.0 Å². The monoisotopic (exact) mass is 999 g/mol. The Morgan fingerprint density at radius 3 is 1.36 bits per heavy atom. The molecule has 0 saturated heterocycles. The van der Waals surface area contributed by atoms with Gasteiger partial charge in [-0.2, -0.15) is 0 Å². The van der Waals surface area contributed by atoms with Crippen molar-refractivity contribution in [1.29, 1.82) is 0 Å². The van der Waals surface area contributed by atoms with Crippen molar-refractivity contribution >= 4 is 71.4 Å². The first-order chi connectivity index (χ1) is 31.9. The summed E-state index contributed by atoms with van der Waals surface area (Å²) in [6, 6.07) is 29.7. The molecular formula is C51H57N3O8S5. The van der Waals surface area contributed by atoms with E-state index in [1.54, 1.807) is 32.2 Å². The van der Waals surface area contributed by atoms with Gasteiger partial charge in [-0.3, -0.25) is 14.4 Å². The number of thiophene rings is 3. The molecule has 3 atom stereocenters. The largest absolute Gasteiger partial charge is 0.379 e. The number of benzene rings is 3. The van der Waals surface area contributed by atoms with Crippen LogP contribution in [0.1, 0.15) is 133 Å². The number of amides is 3. The summed E-state index contributed by atoms with van der Waals surface area (Å²) in [4.78, 5) is 40.7. The summed E-state index contributed by atoms with van der Waals surface area (Å²) in [5.74, 6) is -0.291. The summed E-state index contributed by atoms with van der Waals surface area (Å²) in [5.41, 5.74) is 11.3. The first-order valence-corrected chi connectivity index (χ1v) is 28.4. The predicted molar refractivity (Wildman–Crippen MR) is 269 cm³/mol. The maximum absolute atomic E-state index is 12.4. The summed E-state index contributed by atoms with van der Waals surface area (Å²) in [6.07, 6.45) is 6.96. The number of aryl methyl sites for hydroxylation is 6. The Labute approximate surface area is 406 Å². The van der Waals surface area contributed by atoms with Crippen molar-refractivity contribution in [3.05, 3.63) is 165 Å². The van der Waals surface area contributed by atoms with Gasteiger partial charge in [0.15, 0.2) is 19.7 Å². The molecule has 6 aromatic rings. The summed E-state index contributed by atoms with van der Waals surface area (Å²) in [5, 5.41) is 9.26. The van der Waals surface area contributed by atoms with E-state index in [1.807, 2.05) is 12.1 Å². The van der Waals surface area contributed by atoms with Crippen LogP contribution >= 0.6 is 34.0 Å². The molecule has 0 saturated carbocycles. The van der Waals surface area contributed by atoms with Crippen LogP contribution in [0.5, 0.6) is 0 Å². The molecule has 0 bridgehead atoms. The van der Waals surface area contributed by atoms with Crippen LogP contribution in [0.2, 0.25) is 0 Å². The molecule has 67 heavy (non-hydrogen) atoms. The molecule has 3 aliphatic carbocycles. The van der Waals surface area contributed by atoms with E-state index in [-0.39, 0.29) is 51.6 Å². The minimum absolute atomic E-state index is 0.00596. The number of methoxy groups -OCH3 is 1. The van der Waals surface area contributed by atoms with Gasteiger partial charge in [0.05, 0.1) is 50.9 Å². The van der Waals surface area contributed by atoms with Crippen molar-refractivity contribution < 1.29 is 36.0 Å². The van der Waals surface area contributed by atoms with E-state index in [2.05, 4.69) is 91.3 Å². The van der Waals surface area contributed by atoms with Gasteiger partial charge in [-0.05, 0) is 129 Å². The normalized spacial score (nSPS) is 17.0. The molecule has 3 aromatic carbocycles. The Morgan fingerprint density at radius 1 is 0.567 bits per heavy atom. The van der Waals surface area contributed by atoms with E-state index in [1.165, 1.54) is 85.1 Å². The smallest absolute Gasteiger partial charge is 0.261 e. The van der Waals surface area contributed by atoms with Crippen LogP contribution < -0.4 is 16.0 Å². The average Bonchev–Trinajstić information content (AvgIpc) is 4.15. The zero-order valence-corrected chi connectivity index (χ0v) is 42.6. The van der Waals surface area contributed by atoms with Crippen molar-refractivity contribution in [2.24, 2.45) is 0 Å². The van der Waals surface area contributed by atoms with Crippen LogP contribution in [0, 0.1) is 20.8 Å². The fourth-order valence-corrected chi connectivity index (χ4v) is 14.1. The summed E-state index contributed by atoms with van der Waals surface area (Å²) >= 11 is 3.78. The van der Waals surface area contributed by atoms with Gasteiger partial charge < -0.3 is 20.7 Å². The molecule has 3 N–H and O–H groups in total. The Kier molecular flexibility index (Phi) is 16.1. The highest BCUT2D eigenvalue weighted by atomic mass is 32.2. The molecular weight excluding hydrogens is 943 g/mol. The third-order valence-electron chi connectivity index (χ3n) is 12.0. The summed E-state index contributed by atoms with van der Waals surface area (Å²) in [6.45, 7) is 8.40. The van der Waals surface area contributed by atoms with E-state index in [4.69, 9.17) is 4.74 Å². The second-order valence-corrected chi connectivity index (χ2v) is 25.4. The SMILES string of the molecule is CCS(=O)(=O)c1ccc(C(=O)N[C@@H]2CCc3cc(C)ccc32)s1.COCc1ccc(C(=O)N[C@@H]2CCc3cc(C)ccc32)s1.Cc1ccc2c(c1)CC[C@H]2NC(=O)c1ccc(CS(C)(=O)=O)s1. The number of sulfone groups is 2. The lowest BCUT2D eigenvalue weighted by molar-refractivity contribution is 0.0932. The molecule has 3 aromatic heterocycles. The van der Waals surface area contributed by atoms with Crippen molar-refractivity contribution in [3.8, 4) is 0 Å². The van der Waals surface area contributed by atoms with E-state index in [9.17, 15) is 31.2 Å². The fraction of sp³-hybridized carbons (Fsp3) is 0.353. The molecule has 354 valence electrons. The van der Waals surface area contributed by atoms with Crippen LogP contribution in [0.3, 0.4) is 0 Å². The predicted octanol–water partition coefficient (Wildman–Crippen LogP) is 9.91. The lowest BCUT2D eigenvalue weighted by atomic mass is 10.1. The van der Waals surface area contributed by atoms with Gasteiger partial charge in [-0.15, -0.1) is 34.0 Å². The van der Waals surface area contributed by atoms with Gasteiger partial charge in [0.2, 0.25) is 0 Å². The highest BCUT2D eigenvalue weighted by Crippen LogP contribution is 2.35. The Bertz CT molecular complexity index is 3000. The molecule has 0 aliphatic heterocycles. The molecule has 3 amide bonds. The standard InChI is InChI=1S/2C17H19NO3S2.C17H19NO2S/c1-11-3-6-14-12(9-11)4-7-15(14)18-17(19)16-8-5-13(22-16)10-23(2,20)21;1-3-23(20,21)16-9-8-15(22-16)17(19)18-14-7-5-12-10-11(2)4-6-13(12)14;1-11-3-6-14-12(9-11)4-7-15(14)18-17(19)16-8-5-13(21-16)10-20-2/h3,5-6,8-9,15H,4,7,10H2,1-2H3,(H,18,19);4,6,8-10,14H,3,5,7H2,1-2H3,(H,18,19);3,5-6,8-9,15H,4,7,10H2,1-2H3,(H,18,19)/t15-;14-;15-/m111/s1. The molecule has 0 unspecified atom stereocenters. The number of rotatable bonds is 12. The van der Waals surface area contributed by atoms with Crippen molar-refractivity contribution in [2.75, 3.05) is 19.1 Å². The van der Waals surface area contributed by atoms with E-state index < -0.39 is 19.7 Å². The number of fused-ring (bicyclic) bond motifs is 3. The first-order valence-electron chi connectivity index (χ1n) is 22.3. The minimum Gasteiger partial charge on any atom is -0.379 e. The molecule has 16 heteroatoms. The molecule has 0 fully saturated rings. The maximum Gasteiger partial charge on any atom is 0.261 e. The highest BCUT2D eigenvalue weighted by Gasteiger charge is 2.28. The Hall–Kier alpha value is -4.97. The zero-order valence-electron chi connectivity index (χ0n) is 38.6. The van der Waals surface area contributed by atoms with Crippen molar-refractivity contribution in [2.45, 2.75) is 101 Å². The van der Waals surface area contributed by atoms with Crippen LogP contribution in [0.25, 0.3) is 0 Å². The van der Waals surface area contributed by atoms with Crippen LogP contribution in [0.4, 0.5) is 0 Å². The average molecular weight is 1000 g/mol. The van der Waals surface area contributed by atoms with E-state index in [0.29, 0.717) is 21.2 Å². The number of hydrogen-bond donors (Lipinski definition) is 3. The maximum atomic E-state index is 12.4. The van der Waals surface area contributed by atoms with Crippen molar-refractivity contribution in [3.63, 3.8) is 0 Å². The van der Waals surface area contributed by atoms with E-state index in [0.717, 1.165) is 59.6 Å². The van der Waals surface area contributed by atoms with Gasteiger partial charge in [0.1, 0.15) is 4.21 Å². The highest BCUT2D eigenvalue weighted by molar-refractivity contribution is 7.93. The lowest BCUT2D eigenvalue weighted by Crippen LogP contribution is -2.26. The summed E-state index contributed by atoms with van der Waals surface area (Å²) in [7, 11) is -4.67. The van der Waals surface area contributed by atoms with Crippen LogP contribution in [-0.2, 0) is 56.0 Å². The number of nitrogens with one attached hydrogen (secondary N) is 3. The van der Waals surface area contributed by atoms with Gasteiger partial charge >= 0.3 is 0 Å². The third kappa shape index (κ3) is 12.8. The Balaban J connectivity index is 0.000000149. The number of ether oxygens (including phenoxy) is 1. The van der Waals surface area contributed by atoms with Gasteiger partial charge in [-0.25, -0.2) is 16.8 Å². The second-order valence-electron chi connectivity index (χ2n) is 17.4. The van der Waals surface area contributed by atoms with Crippen LogP contribution in [0.15, 0.2) is 95.2 Å². The van der Waals surface area contributed by atoms with Crippen LogP contribution in [-0.4, -0.2) is 53.7 Å². The quantitative estimate of drug-likeness (QED) is 0.109. The molecule has 3 heterocycles. The van der Waals surface area contributed by atoms with Gasteiger partial charge in [-0.1, -0.05) is 78.2 Å². The number of carbonyl (C=O) groups excluding carboxylic acids is 3. The number of carbonyl (C=O) groups is 3. The zero-order chi connectivity index (χ0) is 48.0. The molecule has 9 rings (SSSR count). The third-order valence-corrected chi connectivity index (χ3v) is 18.6. The molecule has 3 aliphatic rings. The Morgan fingerprint density at radius 2 is 0.955 bits per heavy atom. The molecule has 11 nitrogen and oxygen atoms in total.